The second-order valence-electron chi connectivity index (χ2n) is 6.62. The molecule has 1 atom stereocenters. The van der Waals surface area contributed by atoms with E-state index >= 15 is 0 Å². The molecule has 114 valence electrons. The summed E-state index contributed by atoms with van der Waals surface area (Å²) in [7, 11) is 0. The van der Waals surface area contributed by atoms with Gasteiger partial charge in [-0.05, 0) is 51.5 Å². The molecule has 0 spiro atoms. The molecule has 0 bridgehead atoms. The molecule has 1 aromatic heterocycles. The van der Waals surface area contributed by atoms with Crippen molar-refractivity contribution >= 4 is 22.2 Å². The van der Waals surface area contributed by atoms with Crippen molar-refractivity contribution in [3.05, 3.63) is 16.0 Å². The first-order chi connectivity index (χ1) is 9.80. The lowest BCUT2D eigenvalue weighted by atomic mass is 9.89. The fraction of sp³-hybridized carbons (Fsp3) is 0.625. The lowest BCUT2D eigenvalue weighted by Gasteiger charge is -2.18. The molecule has 21 heavy (non-hydrogen) atoms. The van der Waals surface area contributed by atoms with Gasteiger partial charge in [0.05, 0.1) is 11.2 Å². The molecule has 1 amide bonds. The van der Waals surface area contributed by atoms with E-state index in [0.717, 1.165) is 24.8 Å². The number of nitrogens with zero attached hydrogens (tertiary/aromatic N) is 1. The summed E-state index contributed by atoms with van der Waals surface area (Å²) in [5, 5.41) is 12.9. The van der Waals surface area contributed by atoms with E-state index < -0.39 is 0 Å². The second kappa shape index (κ2) is 6.17. The van der Waals surface area contributed by atoms with Gasteiger partial charge in [-0.25, -0.2) is 0 Å². The number of hydrogen-bond acceptors (Lipinski definition) is 4. The number of thiophene rings is 1. The molecule has 0 saturated heterocycles. The number of anilines is 1. The van der Waals surface area contributed by atoms with Crippen LogP contribution < -0.4 is 5.32 Å². The first-order valence-corrected chi connectivity index (χ1v) is 8.10. The molecule has 0 aromatic carbocycles. The average Bonchev–Trinajstić information content (AvgIpc) is 2.71. The monoisotopic (exact) mass is 306 g/mol. The lowest BCUT2D eigenvalue weighted by Crippen LogP contribution is -2.27. The van der Waals surface area contributed by atoms with E-state index in [-0.39, 0.29) is 18.1 Å². The Labute approximate surface area is 130 Å². The summed E-state index contributed by atoms with van der Waals surface area (Å²) in [4.78, 5) is 13.2. The van der Waals surface area contributed by atoms with Gasteiger partial charge in [0.15, 0.2) is 0 Å². The lowest BCUT2D eigenvalue weighted by molar-refractivity contribution is -0.125. The van der Waals surface area contributed by atoms with Crippen LogP contribution in [0.25, 0.3) is 0 Å². The van der Waals surface area contributed by atoms with Crippen molar-refractivity contribution in [2.45, 2.75) is 52.6 Å². The Morgan fingerprint density at radius 2 is 2.24 bits per heavy atom. The van der Waals surface area contributed by atoms with Crippen LogP contribution in [0.1, 0.15) is 50.1 Å². The van der Waals surface area contributed by atoms with Crippen LogP contribution in [-0.4, -0.2) is 18.1 Å². The number of nitrogens with one attached hydrogen (secondary N) is 1. The first kappa shape index (κ1) is 16.0. The Morgan fingerprint density at radius 1 is 1.52 bits per heavy atom. The molecule has 2 rings (SSSR count). The molecule has 1 unspecified atom stereocenters. The number of fused-ring (bicyclic) bond motifs is 1. The van der Waals surface area contributed by atoms with Crippen molar-refractivity contribution in [2.24, 2.45) is 5.92 Å². The molecule has 1 aliphatic carbocycles. The number of carbonyl (C=O) groups excluding carboxylic acids is 1. The minimum atomic E-state index is -0.348. The van der Waals surface area contributed by atoms with E-state index in [1.54, 1.807) is 11.3 Å². The van der Waals surface area contributed by atoms with Gasteiger partial charge in [-0.1, -0.05) is 6.92 Å². The second-order valence-corrected chi connectivity index (χ2v) is 7.72. The Balaban J connectivity index is 2.10. The minimum absolute atomic E-state index is 0.00728. The number of amides is 1. The van der Waals surface area contributed by atoms with Crippen LogP contribution in [0.15, 0.2) is 0 Å². The highest BCUT2D eigenvalue weighted by molar-refractivity contribution is 7.16. The van der Waals surface area contributed by atoms with Gasteiger partial charge in [0.2, 0.25) is 0 Å². The fourth-order valence-corrected chi connectivity index (χ4v) is 3.78. The van der Waals surface area contributed by atoms with E-state index in [0.29, 0.717) is 16.5 Å². The smallest absolute Gasteiger partial charge is 0.251 e. The van der Waals surface area contributed by atoms with Crippen molar-refractivity contribution in [1.29, 1.82) is 5.26 Å². The Kier molecular flexibility index (Phi) is 4.70. The summed E-state index contributed by atoms with van der Waals surface area (Å²) in [5.41, 5.74) is 1.43. The molecule has 0 fully saturated rings. The quantitative estimate of drug-likeness (QED) is 0.929. The minimum Gasteiger partial charge on any atom is -0.366 e. The largest absolute Gasteiger partial charge is 0.366 e. The van der Waals surface area contributed by atoms with Gasteiger partial charge in [-0.15, -0.1) is 11.3 Å². The van der Waals surface area contributed by atoms with Crippen molar-refractivity contribution < 1.29 is 9.53 Å². The van der Waals surface area contributed by atoms with Gasteiger partial charge >= 0.3 is 0 Å². The third-order valence-corrected chi connectivity index (χ3v) is 4.68. The van der Waals surface area contributed by atoms with Crippen LogP contribution in [0, 0.1) is 17.2 Å². The van der Waals surface area contributed by atoms with Crippen molar-refractivity contribution in [1.82, 2.24) is 0 Å². The Morgan fingerprint density at radius 3 is 2.86 bits per heavy atom. The predicted molar refractivity (Wildman–Crippen MR) is 84.6 cm³/mol. The molecule has 4 nitrogen and oxygen atoms in total. The summed E-state index contributed by atoms with van der Waals surface area (Å²) in [6.07, 6.45) is 3.05. The zero-order valence-corrected chi connectivity index (χ0v) is 13.9. The van der Waals surface area contributed by atoms with Crippen LogP contribution in [0.4, 0.5) is 5.00 Å². The normalized spacial score (nSPS) is 18.0. The van der Waals surface area contributed by atoms with Crippen LogP contribution in [0.2, 0.25) is 0 Å². The molecular formula is C16H22N2O2S. The molecule has 0 saturated carbocycles. The van der Waals surface area contributed by atoms with E-state index in [1.807, 2.05) is 20.8 Å². The van der Waals surface area contributed by atoms with E-state index in [4.69, 9.17) is 4.74 Å². The standard InChI is InChI=1S/C16H22N2O2S/c1-10-5-6-11-12(8-17)15(21-13(11)7-10)18-14(19)9-20-16(2,3)4/h10H,5-7,9H2,1-4H3,(H,18,19). The number of carbonyl (C=O) groups is 1. The SMILES string of the molecule is CC1CCc2c(sc(NC(=O)COC(C)(C)C)c2C#N)C1. The number of rotatable bonds is 3. The van der Waals surface area contributed by atoms with Gasteiger partial charge in [0.25, 0.3) is 5.91 Å². The maximum absolute atomic E-state index is 12.0. The zero-order chi connectivity index (χ0) is 15.6. The summed E-state index contributed by atoms with van der Waals surface area (Å²) < 4.78 is 5.47. The Hall–Kier alpha value is -1.38. The summed E-state index contributed by atoms with van der Waals surface area (Å²) in [5.74, 6) is 0.448. The number of nitriles is 1. The van der Waals surface area contributed by atoms with Gasteiger partial charge in [-0.2, -0.15) is 5.26 Å². The molecule has 5 heteroatoms. The number of hydrogen-bond donors (Lipinski definition) is 1. The highest BCUT2D eigenvalue weighted by Gasteiger charge is 2.24. The topological polar surface area (TPSA) is 62.1 Å². The molecule has 1 aliphatic rings. The summed E-state index contributed by atoms with van der Waals surface area (Å²) in [6.45, 7) is 7.96. The van der Waals surface area contributed by atoms with Crippen LogP contribution >= 0.6 is 11.3 Å². The van der Waals surface area contributed by atoms with Crippen LogP contribution in [0.5, 0.6) is 0 Å². The van der Waals surface area contributed by atoms with E-state index in [9.17, 15) is 10.1 Å². The highest BCUT2D eigenvalue weighted by Crippen LogP contribution is 2.39. The highest BCUT2D eigenvalue weighted by atomic mass is 32.1. The van der Waals surface area contributed by atoms with Gasteiger partial charge in [0.1, 0.15) is 17.7 Å². The maximum Gasteiger partial charge on any atom is 0.251 e. The maximum atomic E-state index is 12.0. The van der Waals surface area contributed by atoms with Crippen molar-refractivity contribution in [2.75, 3.05) is 11.9 Å². The fourth-order valence-electron chi connectivity index (χ4n) is 2.40. The molecule has 1 N–H and O–H groups in total. The summed E-state index contributed by atoms with van der Waals surface area (Å²) in [6, 6.07) is 2.25. The third-order valence-electron chi connectivity index (χ3n) is 3.51. The average molecular weight is 306 g/mol. The van der Waals surface area contributed by atoms with E-state index in [2.05, 4.69) is 18.3 Å². The zero-order valence-electron chi connectivity index (χ0n) is 13.1. The van der Waals surface area contributed by atoms with Gasteiger partial charge in [0, 0.05) is 4.88 Å². The third kappa shape index (κ3) is 4.05. The molecule has 0 aliphatic heterocycles. The predicted octanol–water partition coefficient (Wildman–Crippen LogP) is 3.50. The first-order valence-electron chi connectivity index (χ1n) is 7.28. The van der Waals surface area contributed by atoms with Gasteiger partial charge < -0.3 is 10.1 Å². The molecular weight excluding hydrogens is 284 g/mol. The molecule has 1 heterocycles. The van der Waals surface area contributed by atoms with Crippen molar-refractivity contribution in [3.8, 4) is 6.07 Å². The van der Waals surface area contributed by atoms with Crippen molar-refractivity contribution in [3.63, 3.8) is 0 Å². The summed E-state index contributed by atoms with van der Waals surface area (Å²) >= 11 is 1.54. The molecule has 0 radical (unpaired) electrons. The Bertz CT molecular complexity index is 578. The van der Waals surface area contributed by atoms with Crippen LogP contribution in [0.3, 0.4) is 0 Å². The van der Waals surface area contributed by atoms with Gasteiger partial charge in [-0.3, -0.25) is 4.79 Å². The van der Waals surface area contributed by atoms with Crippen LogP contribution in [-0.2, 0) is 22.4 Å². The number of ether oxygens (including phenoxy) is 1. The molecule has 1 aromatic rings. The van der Waals surface area contributed by atoms with E-state index in [1.165, 1.54) is 4.88 Å².